The Morgan fingerprint density at radius 2 is 1.96 bits per heavy atom. The van der Waals surface area contributed by atoms with Crippen LogP contribution < -0.4 is 10.1 Å². The van der Waals surface area contributed by atoms with Gasteiger partial charge in [-0.05, 0) is 11.6 Å². The van der Waals surface area contributed by atoms with Crippen molar-refractivity contribution >= 4 is 5.91 Å². The smallest absolute Gasteiger partial charge is 0.272 e. The molecule has 23 heavy (non-hydrogen) atoms. The number of carbonyl (C=O) groups excluding carboxylic acids is 1. The van der Waals surface area contributed by atoms with Crippen LogP contribution in [0.2, 0.25) is 0 Å². The number of pyridine rings is 1. The molecule has 1 amide bonds. The highest BCUT2D eigenvalue weighted by Gasteiger charge is 2.15. The third-order valence-corrected chi connectivity index (χ3v) is 3.05. The maximum absolute atomic E-state index is 12.1. The number of benzene rings is 1. The first-order chi connectivity index (χ1) is 11.1. The van der Waals surface area contributed by atoms with Crippen LogP contribution >= 0.6 is 0 Å². The molecular weight excluding hydrogens is 306 g/mol. The van der Waals surface area contributed by atoms with Gasteiger partial charge in [0.1, 0.15) is 0 Å². The second-order valence-corrected chi connectivity index (χ2v) is 4.71. The molecule has 0 aliphatic rings. The SMILES string of the molecule is O=C(NC(CO)c1ccccc1)c1ccc(OCC(F)F)nc1. The van der Waals surface area contributed by atoms with Gasteiger partial charge in [0.15, 0.2) is 6.61 Å². The molecule has 2 rings (SSSR count). The minimum Gasteiger partial charge on any atom is -0.472 e. The number of nitrogens with one attached hydrogen (secondary N) is 1. The first-order valence-electron chi connectivity index (χ1n) is 6.94. The molecule has 1 heterocycles. The predicted molar refractivity (Wildman–Crippen MR) is 79.5 cm³/mol. The number of aliphatic hydroxyl groups is 1. The number of ether oxygens (including phenoxy) is 1. The van der Waals surface area contributed by atoms with E-state index < -0.39 is 25.0 Å². The van der Waals surface area contributed by atoms with Crippen molar-refractivity contribution in [3.63, 3.8) is 0 Å². The Morgan fingerprint density at radius 1 is 1.22 bits per heavy atom. The molecule has 7 heteroatoms. The van der Waals surface area contributed by atoms with Gasteiger partial charge in [0.25, 0.3) is 12.3 Å². The first-order valence-corrected chi connectivity index (χ1v) is 6.94. The fourth-order valence-electron chi connectivity index (χ4n) is 1.91. The van der Waals surface area contributed by atoms with Crippen LogP contribution in [0.25, 0.3) is 0 Å². The van der Waals surface area contributed by atoms with Gasteiger partial charge in [0.2, 0.25) is 5.88 Å². The number of amides is 1. The third kappa shape index (κ3) is 5.00. The van der Waals surface area contributed by atoms with E-state index in [1.165, 1.54) is 18.3 Å². The summed E-state index contributed by atoms with van der Waals surface area (Å²) < 4.78 is 28.8. The standard InChI is InChI=1S/C16H16F2N2O3/c17-14(18)10-23-15-7-6-12(8-19-15)16(22)20-13(9-21)11-4-2-1-3-5-11/h1-8,13-14,21H,9-10H2,(H,20,22). The number of rotatable bonds is 7. The van der Waals surface area contributed by atoms with Crippen LogP contribution in [0.1, 0.15) is 22.0 Å². The van der Waals surface area contributed by atoms with Crippen LogP contribution in [0, 0.1) is 0 Å². The van der Waals surface area contributed by atoms with E-state index in [9.17, 15) is 18.7 Å². The Bertz CT molecular complexity index is 621. The number of hydrogen-bond donors (Lipinski definition) is 2. The molecule has 2 N–H and O–H groups in total. The largest absolute Gasteiger partial charge is 0.472 e. The minimum absolute atomic E-state index is 0.0172. The van der Waals surface area contributed by atoms with Crippen molar-refractivity contribution in [2.24, 2.45) is 0 Å². The Hall–Kier alpha value is -2.54. The van der Waals surface area contributed by atoms with E-state index in [2.05, 4.69) is 10.3 Å². The van der Waals surface area contributed by atoms with Crippen molar-refractivity contribution in [2.45, 2.75) is 12.5 Å². The zero-order chi connectivity index (χ0) is 16.7. The summed E-state index contributed by atoms with van der Waals surface area (Å²) in [5, 5.41) is 12.1. The second kappa shape index (κ2) is 8.19. The topological polar surface area (TPSA) is 71.5 Å². The van der Waals surface area contributed by atoms with Crippen LogP contribution in [-0.4, -0.2) is 35.6 Å². The van der Waals surface area contributed by atoms with E-state index in [-0.39, 0.29) is 18.1 Å². The zero-order valence-corrected chi connectivity index (χ0v) is 12.2. The molecule has 0 aliphatic heterocycles. The number of aromatic nitrogens is 1. The summed E-state index contributed by atoms with van der Waals surface area (Å²) in [4.78, 5) is 15.9. The number of alkyl halides is 2. The van der Waals surface area contributed by atoms with Crippen molar-refractivity contribution in [1.29, 1.82) is 0 Å². The van der Waals surface area contributed by atoms with E-state index >= 15 is 0 Å². The van der Waals surface area contributed by atoms with E-state index in [0.717, 1.165) is 5.56 Å². The molecule has 1 atom stereocenters. The van der Waals surface area contributed by atoms with Gasteiger partial charge in [-0.25, -0.2) is 13.8 Å². The molecule has 0 radical (unpaired) electrons. The van der Waals surface area contributed by atoms with Gasteiger partial charge in [0, 0.05) is 12.3 Å². The lowest BCUT2D eigenvalue weighted by atomic mass is 10.1. The molecule has 122 valence electrons. The third-order valence-electron chi connectivity index (χ3n) is 3.05. The van der Waals surface area contributed by atoms with Gasteiger partial charge in [-0.3, -0.25) is 4.79 Å². The molecule has 0 saturated carbocycles. The molecular formula is C16H16F2N2O3. The van der Waals surface area contributed by atoms with E-state index in [0.29, 0.717) is 0 Å². The molecule has 1 aromatic carbocycles. The number of carbonyl (C=O) groups is 1. The molecule has 5 nitrogen and oxygen atoms in total. The van der Waals surface area contributed by atoms with Gasteiger partial charge >= 0.3 is 0 Å². The van der Waals surface area contributed by atoms with Crippen molar-refractivity contribution in [2.75, 3.05) is 13.2 Å². The highest BCUT2D eigenvalue weighted by molar-refractivity contribution is 5.94. The van der Waals surface area contributed by atoms with Gasteiger partial charge < -0.3 is 15.2 Å². The maximum Gasteiger partial charge on any atom is 0.272 e. The number of hydrogen-bond acceptors (Lipinski definition) is 4. The normalized spacial score (nSPS) is 12.0. The molecule has 0 saturated heterocycles. The number of nitrogens with zero attached hydrogens (tertiary/aromatic N) is 1. The van der Waals surface area contributed by atoms with E-state index in [4.69, 9.17) is 4.74 Å². The lowest BCUT2D eigenvalue weighted by molar-refractivity contribution is 0.0794. The second-order valence-electron chi connectivity index (χ2n) is 4.71. The lowest BCUT2D eigenvalue weighted by Crippen LogP contribution is -2.30. The van der Waals surface area contributed by atoms with Crippen molar-refractivity contribution < 1.29 is 23.4 Å². The monoisotopic (exact) mass is 322 g/mol. The first kappa shape index (κ1) is 16.8. The molecule has 2 aromatic rings. The van der Waals surface area contributed by atoms with E-state index in [1.807, 2.05) is 6.07 Å². The summed E-state index contributed by atoms with van der Waals surface area (Å²) in [5.41, 5.74) is 1.01. The average Bonchev–Trinajstić information content (AvgIpc) is 2.58. The minimum atomic E-state index is -2.59. The summed E-state index contributed by atoms with van der Waals surface area (Å²) in [5.74, 6) is -0.413. The summed E-state index contributed by atoms with van der Waals surface area (Å²) in [6.07, 6.45) is -1.36. The fraction of sp³-hybridized carbons (Fsp3) is 0.250. The Kier molecular flexibility index (Phi) is 5.99. The van der Waals surface area contributed by atoms with Gasteiger partial charge in [0.05, 0.1) is 18.2 Å². The summed E-state index contributed by atoms with van der Waals surface area (Å²) in [7, 11) is 0. The molecule has 0 bridgehead atoms. The summed E-state index contributed by atoms with van der Waals surface area (Å²) in [6.45, 7) is -1.00. The Labute approximate surface area is 131 Å². The number of aliphatic hydroxyl groups excluding tert-OH is 1. The van der Waals surface area contributed by atoms with E-state index in [1.54, 1.807) is 24.3 Å². The summed E-state index contributed by atoms with van der Waals surface area (Å²) >= 11 is 0. The maximum atomic E-state index is 12.1. The van der Waals surface area contributed by atoms with Crippen molar-refractivity contribution in [3.8, 4) is 5.88 Å². The van der Waals surface area contributed by atoms with Gasteiger partial charge in [-0.2, -0.15) is 0 Å². The predicted octanol–water partition coefficient (Wildman–Crippen LogP) is 2.19. The van der Waals surface area contributed by atoms with Crippen LogP contribution in [0.3, 0.4) is 0 Å². The summed E-state index contributed by atoms with van der Waals surface area (Å²) in [6, 6.07) is 11.2. The van der Waals surface area contributed by atoms with Crippen molar-refractivity contribution in [3.05, 3.63) is 59.8 Å². The molecule has 1 aromatic heterocycles. The quantitative estimate of drug-likeness (QED) is 0.820. The average molecular weight is 322 g/mol. The number of halogens is 2. The highest BCUT2D eigenvalue weighted by atomic mass is 19.3. The zero-order valence-electron chi connectivity index (χ0n) is 12.2. The molecule has 0 aliphatic carbocycles. The molecule has 0 fully saturated rings. The fourth-order valence-corrected chi connectivity index (χ4v) is 1.91. The highest BCUT2D eigenvalue weighted by Crippen LogP contribution is 2.14. The van der Waals surface area contributed by atoms with Crippen LogP contribution in [0.15, 0.2) is 48.7 Å². The van der Waals surface area contributed by atoms with Gasteiger partial charge in [-0.1, -0.05) is 30.3 Å². The van der Waals surface area contributed by atoms with Gasteiger partial charge in [-0.15, -0.1) is 0 Å². The molecule has 0 spiro atoms. The Balaban J connectivity index is 1.99. The van der Waals surface area contributed by atoms with Crippen molar-refractivity contribution in [1.82, 2.24) is 10.3 Å². The lowest BCUT2D eigenvalue weighted by Gasteiger charge is -2.16. The Morgan fingerprint density at radius 3 is 2.52 bits per heavy atom. The molecule has 1 unspecified atom stereocenters. The van der Waals surface area contributed by atoms with Crippen LogP contribution in [0.5, 0.6) is 5.88 Å². The van der Waals surface area contributed by atoms with Crippen LogP contribution in [-0.2, 0) is 0 Å². The van der Waals surface area contributed by atoms with Crippen LogP contribution in [0.4, 0.5) is 8.78 Å².